The van der Waals surface area contributed by atoms with Crippen LogP contribution in [0.2, 0.25) is 0 Å². The van der Waals surface area contributed by atoms with Crippen molar-refractivity contribution in [3.05, 3.63) is 65.6 Å². The Labute approximate surface area is 382 Å². The Kier molecular flexibility index (Phi) is 12.4. The van der Waals surface area contributed by atoms with Crippen LogP contribution >= 0.6 is 0 Å². The van der Waals surface area contributed by atoms with Gasteiger partial charge in [-0.2, -0.15) is 4.98 Å². The fraction of sp³-hybridized carbons (Fsp3) is 0.542. The highest BCUT2D eigenvalue weighted by molar-refractivity contribution is 6.23. The molecule has 3 N–H and O–H groups in total. The summed E-state index contributed by atoms with van der Waals surface area (Å²) >= 11 is 0. The molecule has 1 aliphatic carbocycles. The molecule has 3 aromatic heterocycles. The van der Waals surface area contributed by atoms with Crippen molar-refractivity contribution >= 4 is 63.7 Å². The Hall–Kier alpha value is -6.01. The largest absolute Gasteiger partial charge is 0.378 e. The van der Waals surface area contributed by atoms with Gasteiger partial charge in [0.05, 0.1) is 34.9 Å². The Balaban J connectivity index is 0.709. The van der Waals surface area contributed by atoms with E-state index in [-0.39, 0.29) is 31.3 Å². The number of hydrogen-bond acceptors (Lipinski definition) is 13. The number of hydrogen-bond donors (Lipinski definition) is 3. The number of likely N-dealkylation sites (tertiary alicyclic amines) is 1. The van der Waals surface area contributed by atoms with E-state index in [0.717, 1.165) is 112 Å². The predicted molar refractivity (Wildman–Crippen MR) is 245 cm³/mol. The van der Waals surface area contributed by atoms with E-state index in [0.29, 0.717) is 59.2 Å². The van der Waals surface area contributed by atoms with Crippen LogP contribution in [-0.2, 0) is 14.3 Å². The molecule has 0 bridgehead atoms. The zero-order valence-corrected chi connectivity index (χ0v) is 37.4. The number of piperidine rings is 4. The van der Waals surface area contributed by atoms with E-state index in [2.05, 4.69) is 40.3 Å². The Morgan fingerprint density at radius 2 is 1.64 bits per heavy atom. The van der Waals surface area contributed by atoms with Gasteiger partial charge in [-0.05, 0) is 94.5 Å². The number of nitrogens with zero attached hydrogens (tertiary/aromatic N) is 8. The molecule has 10 rings (SSSR count). The third-order valence-corrected chi connectivity index (χ3v) is 14.8. The minimum Gasteiger partial charge on any atom is -0.378 e. The van der Waals surface area contributed by atoms with Gasteiger partial charge in [-0.3, -0.25) is 34.2 Å². The maximum absolute atomic E-state index is 14.7. The maximum Gasteiger partial charge on any atom is 0.262 e. The third kappa shape index (κ3) is 8.84. The number of carbonyl (C=O) groups excluding carboxylic acids is 5. The average Bonchev–Trinajstić information content (AvgIpc) is 4.06. The molecule has 1 aromatic carbocycles. The number of amides is 5. The van der Waals surface area contributed by atoms with E-state index in [1.54, 1.807) is 30.6 Å². The molecule has 348 valence electrons. The number of ether oxygens (including phenoxy) is 1. The lowest BCUT2D eigenvalue weighted by Crippen LogP contribution is -2.54. The molecule has 1 unspecified atom stereocenters. The second kappa shape index (κ2) is 18.7. The van der Waals surface area contributed by atoms with Gasteiger partial charge in [-0.1, -0.05) is 12.8 Å². The molecule has 5 fully saturated rings. The van der Waals surface area contributed by atoms with Gasteiger partial charge in [-0.25, -0.2) is 14.4 Å². The van der Waals surface area contributed by atoms with Crippen LogP contribution in [0.4, 0.5) is 27.7 Å². The lowest BCUT2D eigenvalue weighted by atomic mass is 9.92. The van der Waals surface area contributed by atoms with Gasteiger partial charge >= 0.3 is 0 Å². The molecule has 3 atom stereocenters. The molecular formula is C48H58FN11O6. The number of anilines is 4. The highest BCUT2D eigenvalue weighted by Crippen LogP contribution is 2.36. The third-order valence-electron chi connectivity index (χ3n) is 14.8. The Bertz CT molecular complexity index is 2510. The van der Waals surface area contributed by atoms with E-state index >= 15 is 0 Å². The smallest absolute Gasteiger partial charge is 0.262 e. The number of rotatable bonds is 12. The van der Waals surface area contributed by atoms with E-state index in [9.17, 15) is 28.4 Å². The van der Waals surface area contributed by atoms with Crippen molar-refractivity contribution in [3.63, 3.8) is 0 Å². The minimum absolute atomic E-state index is 0.0701. The summed E-state index contributed by atoms with van der Waals surface area (Å²) in [6, 6.07) is 8.53. The normalized spacial score (nSPS) is 23.8. The molecule has 5 aliphatic heterocycles. The summed E-state index contributed by atoms with van der Waals surface area (Å²) in [6.07, 6.45) is 14.1. The van der Waals surface area contributed by atoms with E-state index in [1.807, 2.05) is 23.2 Å². The zero-order chi connectivity index (χ0) is 45.5. The fourth-order valence-corrected chi connectivity index (χ4v) is 11.0. The quantitative estimate of drug-likeness (QED) is 0.159. The highest BCUT2D eigenvalue weighted by atomic mass is 19.1. The number of pyridine rings is 1. The number of imide groups is 2. The van der Waals surface area contributed by atoms with Crippen LogP contribution in [0.1, 0.15) is 114 Å². The number of alkyl halides is 1. The minimum atomic E-state index is -1.12. The van der Waals surface area contributed by atoms with E-state index in [1.165, 1.54) is 7.11 Å². The summed E-state index contributed by atoms with van der Waals surface area (Å²) in [7, 11) is 1.54. The van der Waals surface area contributed by atoms with Crippen molar-refractivity contribution in [2.75, 3.05) is 68.0 Å². The van der Waals surface area contributed by atoms with Crippen molar-refractivity contribution in [1.82, 2.24) is 40.0 Å². The molecule has 17 nitrogen and oxygen atoms in total. The SMILES string of the molecule is CO[C@H]1CCN(c2nccc(Nc3cc4c(cn3)c(C(=O)NC3CCN(CCC5CCN(c6ccc7c(c6)C(=O)N(C6CCC(=O)NC6=O)C7=O)CC5)CC3)cn4C3CCCC3)n2)C[C@H]1F. The van der Waals surface area contributed by atoms with Crippen molar-refractivity contribution in [1.29, 1.82) is 0 Å². The van der Waals surface area contributed by atoms with Crippen molar-refractivity contribution < 1.29 is 33.1 Å². The van der Waals surface area contributed by atoms with Crippen molar-refractivity contribution in [3.8, 4) is 0 Å². The molecule has 0 spiro atoms. The average molecular weight is 904 g/mol. The van der Waals surface area contributed by atoms with Crippen LogP contribution in [0.3, 0.4) is 0 Å². The summed E-state index contributed by atoms with van der Waals surface area (Å²) in [5.41, 5.74) is 3.10. The number of nitrogens with one attached hydrogen (secondary N) is 3. The van der Waals surface area contributed by atoms with Crippen LogP contribution < -0.4 is 25.8 Å². The van der Waals surface area contributed by atoms with Gasteiger partial charge in [0.2, 0.25) is 17.8 Å². The molecule has 4 aromatic rings. The number of halogens is 1. The molecule has 6 aliphatic rings. The van der Waals surface area contributed by atoms with Gasteiger partial charge in [0.25, 0.3) is 17.7 Å². The molecule has 8 heterocycles. The Morgan fingerprint density at radius 3 is 2.39 bits per heavy atom. The topological polar surface area (TPSA) is 187 Å². The zero-order valence-electron chi connectivity index (χ0n) is 37.4. The molecule has 5 amide bonds. The number of methoxy groups -OCH3 is 1. The molecular weight excluding hydrogens is 846 g/mol. The molecule has 18 heteroatoms. The monoisotopic (exact) mass is 903 g/mol. The first kappa shape index (κ1) is 43.9. The van der Waals surface area contributed by atoms with Gasteiger partial charge in [0.15, 0.2) is 0 Å². The van der Waals surface area contributed by atoms with Gasteiger partial charge in [-0.15, -0.1) is 0 Å². The van der Waals surface area contributed by atoms with Gasteiger partial charge in [0, 0.05) is 94.1 Å². The predicted octanol–water partition coefficient (Wildman–Crippen LogP) is 5.15. The number of aromatic nitrogens is 4. The van der Waals surface area contributed by atoms with Crippen LogP contribution in [-0.4, -0.2) is 136 Å². The van der Waals surface area contributed by atoms with Crippen molar-refractivity contribution in [2.24, 2.45) is 5.92 Å². The lowest BCUT2D eigenvalue weighted by Gasteiger charge is -2.36. The van der Waals surface area contributed by atoms with Crippen LogP contribution in [0.25, 0.3) is 10.9 Å². The molecule has 66 heavy (non-hydrogen) atoms. The van der Waals surface area contributed by atoms with Crippen LogP contribution in [0.15, 0.2) is 48.9 Å². The lowest BCUT2D eigenvalue weighted by molar-refractivity contribution is -0.136. The highest BCUT2D eigenvalue weighted by Gasteiger charge is 2.45. The standard InChI is InChI=1S/C48H58FN11O6/c1-66-40-16-23-58(28-37(40)49)48-50-17-10-41(54-48)53-42-25-39-35(26-51-42)36(27-59(39)31-4-2-3-5-31)44(62)52-30-14-19-56(20-15-30)18-11-29-12-21-57(22-13-29)32-6-7-33-34(24-32)47(65)60(46(33)64)38-8-9-43(61)55-45(38)63/h6-7,10,17,24-27,29-31,37-38,40H,2-5,8-9,11-16,18-23,28H2,1H3,(H,52,62)(H,55,61,63)(H,50,51,53,54)/t37-,38?,40+/m1/s1. The number of carbonyl (C=O) groups is 5. The summed E-state index contributed by atoms with van der Waals surface area (Å²) in [5, 5.41) is 9.77. The van der Waals surface area contributed by atoms with E-state index < -0.39 is 41.9 Å². The number of fused-ring (bicyclic) bond motifs is 2. The first-order valence-electron chi connectivity index (χ1n) is 23.8. The summed E-state index contributed by atoms with van der Waals surface area (Å²) in [5.74, 6) is 0.145. The molecule has 4 saturated heterocycles. The Morgan fingerprint density at radius 1 is 0.864 bits per heavy atom. The fourth-order valence-electron chi connectivity index (χ4n) is 11.0. The summed E-state index contributed by atoms with van der Waals surface area (Å²) in [6.45, 7) is 5.32. The first-order valence-corrected chi connectivity index (χ1v) is 23.8. The summed E-state index contributed by atoms with van der Waals surface area (Å²) < 4.78 is 22.2. The second-order valence-corrected chi connectivity index (χ2v) is 18.9. The van der Waals surface area contributed by atoms with Crippen LogP contribution in [0, 0.1) is 5.92 Å². The maximum atomic E-state index is 14.7. The van der Waals surface area contributed by atoms with Crippen LogP contribution in [0.5, 0.6) is 0 Å². The number of benzene rings is 1. The molecule has 0 radical (unpaired) electrons. The molecule has 1 saturated carbocycles. The van der Waals surface area contributed by atoms with Crippen molar-refractivity contribution in [2.45, 2.75) is 107 Å². The van der Waals surface area contributed by atoms with E-state index in [4.69, 9.17) is 9.72 Å². The first-order chi connectivity index (χ1) is 32.1. The summed E-state index contributed by atoms with van der Waals surface area (Å²) in [4.78, 5) is 86.2. The van der Waals surface area contributed by atoms with Gasteiger partial charge in [0.1, 0.15) is 23.8 Å². The second-order valence-electron chi connectivity index (χ2n) is 18.9. The van der Waals surface area contributed by atoms with Gasteiger partial charge < -0.3 is 34.6 Å².